The minimum absolute atomic E-state index is 0.438. The van der Waals surface area contributed by atoms with Crippen LogP contribution in [0.25, 0.3) is 0 Å². The van der Waals surface area contributed by atoms with Crippen LogP contribution in [0.4, 0.5) is 0 Å². The van der Waals surface area contributed by atoms with Gasteiger partial charge in [0.1, 0.15) is 5.75 Å². The quantitative estimate of drug-likeness (QED) is 0.773. The first-order chi connectivity index (χ1) is 6.77. The van der Waals surface area contributed by atoms with Gasteiger partial charge in [-0.05, 0) is 44.5 Å². The Labute approximate surface area is 85.2 Å². The van der Waals surface area contributed by atoms with Crippen LogP contribution in [0.3, 0.4) is 0 Å². The number of benzene rings is 1. The zero-order valence-corrected chi connectivity index (χ0v) is 8.61. The largest absolute Gasteiger partial charge is 0.508 e. The van der Waals surface area contributed by atoms with Crippen molar-refractivity contribution in [2.45, 2.75) is 25.3 Å². The average Bonchev–Trinajstić information content (AvgIpc) is 2.56. The Kier molecular flexibility index (Phi) is 2.73. The molecule has 1 fully saturated rings. The van der Waals surface area contributed by atoms with Crippen molar-refractivity contribution in [1.82, 2.24) is 4.90 Å². The van der Waals surface area contributed by atoms with Crippen molar-refractivity contribution in [2.75, 3.05) is 13.6 Å². The minimum Gasteiger partial charge on any atom is -0.508 e. The van der Waals surface area contributed by atoms with Crippen molar-refractivity contribution < 1.29 is 5.11 Å². The van der Waals surface area contributed by atoms with Gasteiger partial charge in [0.05, 0.1) is 0 Å². The maximum atomic E-state index is 9.64. The molecule has 1 aliphatic heterocycles. The predicted molar refractivity (Wildman–Crippen MR) is 57.5 cm³/mol. The van der Waals surface area contributed by atoms with Crippen LogP contribution in [0, 0.1) is 0 Å². The van der Waals surface area contributed by atoms with Gasteiger partial charge in [-0.3, -0.25) is 0 Å². The molecule has 1 unspecified atom stereocenters. The lowest BCUT2D eigenvalue weighted by atomic mass is 10.0. The molecule has 1 aromatic rings. The van der Waals surface area contributed by atoms with E-state index in [9.17, 15) is 5.11 Å². The van der Waals surface area contributed by atoms with Gasteiger partial charge in [-0.2, -0.15) is 0 Å². The molecule has 1 aliphatic rings. The normalized spacial score (nSPS) is 22.8. The molecule has 0 aliphatic carbocycles. The first-order valence-electron chi connectivity index (χ1n) is 5.24. The highest BCUT2D eigenvalue weighted by Crippen LogP contribution is 2.23. The fourth-order valence-electron chi connectivity index (χ4n) is 2.17. The molecule has 1 aromatic carbocycles. The van der Waals surface area contributed by atoms with Crippen molar-refractivity contribution in [2.24, 2.45) is 0 Å². The Balaban J connectivity index is 2.07. The van der Waals surface area contributed by atoms with E-state index in [4.69, 9.17) is 0 Å². The molecule has 1 N–H and O–H groups in total. The zero-order valence-electron chi connectivity index (χ0n) is 8.61. The van der Waals surface area contributed by atoms with Crippen LogP contribution in [-0.2, 0) is 6.42 Å². The molecule has 0 saturated carbocycles. The van der Waals surface area contributed by atoms with Crippen LogP contribution in [-0.4, -0.2) is 29.6 Å². The first-order valence-corrected chi connectivity index (χ1v) is 5.24. The van der Waals surface area contributed by atoms with E-state index in [1.165, 1.54) is 19.4 Å². The highest BCUT2D eigenvalue weighted by atomic mass is 16.3. The summed E-state index contributed by atoms with van der Waals surface area (Å²) in [5.41, 5.74) is 1.08. The Morgan fingerprint density at radius 3 is 2.86 bits per heavy atom. The Morgan fingerprint density at radius 2 is 2.21 bits per heavy atom. The number of hydrogen-bond donors (Lipinski definition) is 1. The molecular weight excluding hydrogens is 174 g/mol. The zero-order chi connectivity index (χ0) is 9.97. The van der Waals surface area contributed by atoms with E-state index < -0.39 is 0 Å². The summed E-state index contributed by atoms with van der Waals surface area (Å²) < 4.78 is 0. The van der Waals surface area contributed by atoms with Gasteiger partial charge in [-0.1, -0.05) is 18.2 Å². The van der Waals surface area contributed by atoms with E-state index in [1.807, 2.05) is 18.2 Å². The molecule has 1 saturated heterocycles. The van der Waals surface area contributed by atoms with E-state index in [0.717, 1.165) is 12.0 Å². The summed E-state index contributed by atoms with van der Waals surface area (Å²) in [6.07, 6.45) is 3.52. The number of phenolic OH excluding ortho intramolecular Hbond substituents is 1. The molecule has 0 bridgehead atoms. The summed E-state index contributed by atoms with van der Waals surface area (Å²) in [7, 11) is 2.16. The highest BCUT2D eigenvalue weighted by Gasteiger charge is 2.21. The van der Waals surface area contributed by atoms with Gasteiger partial charge >= 0.3 is 0 Å². The summed E-state index contributed by atoms with van der Waals surface area (Å²) >= 11 is 0. The minimum atomic E-state index is 0.438. The third kappa shape index (κ3) is 1.90. The molecule has 2 heteroatoms. The fourth-order valence-corrected chi connectivity index (χ4v) is 2.17. The van der Waals surface area contributed by atoms with E-state index in [-0.39, 0.29) is 0 Å². The van der Waals surface area contributed by atoms with E-state index in [1.54, 1.807) is 6.07 Å². The smallest absolute Gasteiger partial charge is 0.118 e. The number of para-hydroxylation sites is 1. The van der Waals surface area contributed by atoms with Crippen LogP contribution in [0.1, 0.15) is 18.4 Å². The molecule has 1 atom stereocenters. The standard InChI is InChI=1S/C12H17NO/c1-13-8-4-6-11(13)9-10-5-2-3-7-12(10)14/h2-3,5,7,11,14H,4,6,8-9H2,1H3. The van der Waals surface area contributed by atoms with Crippen LogP contribution < -0.4 is 0 Å². The van der Waals surface area contributed by atoms with Crippen LogP contribution in [0.2, 0.25) is 0 Å². The fraction of sp³-hybridized carbons (Fsp3) is 0.500. The van der Waals surface area contributed by atoms with Crippen molar-refractivity contribution in [3.8, 4) is 5.75 Å². The molecule has 2 nitrogen and oxygen atoms in total. The lowest BCUT2D eigenvalue weighted by Crippen LogP contribution is -2.26. The molecule has 0 amide bonds. The molecule has 14 heavy (non-hydrogen) atoms. The number of nitrogens with zero attached hydrogens (tertiary/aromatic N) is 1. The average molecular weight is 191 g/mol. The summed E-state index contributed by atoms with van der Waals surface area (Å²) in [6, 6.07) is 8.26. The maximum Gasteiger partial charge on any atom is 0.118 e. The molecule has 1 heterocycles. The second kappa shape index (κ2) is 4.01. The topological polar surface area (TPSA) is 23.5 Å². The number of rotatable bonds is 2. The Morgan fingerprint density at radius 1 is 1.43 bits per heavy atom. The molecule has 0 radical (unpaired) electrons. The van der Waals surface area contributed by atoms with Crippen molar-refractivity contribution in [1.29, 1.82) is 0 Å². The summed E-state index contributed by atoms with van der Waals surface area (Å²) in [5, 5.41) is 9.64. The van der Waals surface area contributed by atoms with Gasteiger partial charge < -0.3 is 10.0 Å². The molecule has 0 spiro atoms. The third-order valence-corrected chi connectivity index (χ3v) is 3.12. The monoisotopic (exact) mass is 191 g/mol. The van der Waals surface area contributed by atoms with Crippen molar-refractivity contribution in [3.05, 3.63) is 29.8 Å². The van der Waals surface area contributed by atoms with Crippen LogP contribution in [0.15, 0.2) is 24.3 Å². The van der Waals surface area contributed by atoms with Crippen LogP contribution in [0.5, 0.6) is 5.75 Å². The number of aromatic hydroxyl groups is 1. The second-order valence-electron chi connectivity index (χ2n) is 4.11. The molecule has 2 rings (SSSR count). The number of phenols is 1. The molecular formula is C12H17NO. The van der Waals surface area contributed by atoms with Crippen molar-refractivity contribution >= 4 is 0 Å². The SMILES string of the molecule is CN1CCCC1Cc1ccccc1O. The second-order valence-corrected chi connectivity index (χ2v) is 4.11. The Bertz CT molecular complexity index is 311. The first kappa shape index (κ1) is 9.53. The van der Waals surface area contributed by atoms with Crippen molar-refractivity contribution in [3.63, 3.8) is 0 Å². The van der Waals surface area contributed by atoms with Gasteiger partial charge in [0.25, 0.3) is 0 Å². The lowest BCUT2D eigenvalue weighted by Gasteiger charge is -2.19. The predicted octanol–water partition coefficient (Wildman–Crippen LogP) is 2.03. The van der Waals surface area contributed by atoms with E-state index >= 15 is 0 Å². The third-order valence-electron chi connectivity index (χ3n) is 3.12. The van der Waals surface area contributed by atoms with Gasteiger partial charge in [-0.25, -0.2) is 0 Å². The highest BCUT2D eigenvalue weighted by molar-refractivity contribution is 5.32. The molecule has 0 aromatic heterocycles. The summed E-state index contributed by atoms with van der Waals surface area (Å²) in [5.74, 6) is 0.438. The van der Waals surface area contributed by atoms with E-state index in [2.05, 4.69) is 11.9 Å². The van der Waals surface area contributed by atoms with Gasteiger partial charge in [0.15, 0.2) is 0 Å². The molecule has 76 valence electrons. The van der Waals surface area contributed by atoms with Gasteiger partial charge in [0.2, 0.25) is 0 Å². The van der Waals surface area contributed by atoms with Gasteiger partial charge in [-0.15, -0.1) is 0 Å². The summed E-state index contributed by atoms with van der Waals surface area (Å²) in [6.45, 7) is 1.19. The summed E-state index contributed by atoms with van der Waals surface area (Å²) in [4.78, 5) is 2.38. The van der Waals surface area contributed by atoms with E-state index in [0.29, 0.717) is 11.8 Å². The number of likely N-dealkylation sites (tertiary alicyclic amines) is 1. The Hall–Kier alpha value is -1.02. The lowest BCUT2D eigenvalue weighted by molar-refractivity contribution is 0.307. The van der Waals surface area contributed by atoms with Gasteiger partial charge in [0, 0.05) is 6.04 Å². The van der Waals surface area contributed by atoms with Crippen LogP contribution >= 0.6 is 0 Å². The number of likely N-dealkylation sites (N-methyl/N-ethyl adjacent to an activating group) is 1. The maximum absolute atomic E-state index is 9.64. The number of hydrogen-bond acceptors (Lipinski definition) is 2.